The van der Waals surface area contributed by atoms with Gasteiger partial charge in [0.05, 0.1) is 31.1 Å². The Labute approximate surface area is 184 Å². The van der Waals surface area contributed by atoms with E-state index in [1.807, 2.05) is 37.3 Å². The summed E-state index contributed by atoms with van der Waals surface area (Å²) in [6.07, 6.45) is 1.67. The number of carbonyl (C=O) groups is 2. The van der Waals surface area contributed by atoms with Crippen molar-refractivity contribution in [3.63, 3.8) is 0 Å². The van der Waals surface area contributed by atoms with Crippen molar-refractivity contribution in [2.45, 2.75) is 19.9 Å². The fourth-order valence-corrected chi connectivity index (χ4v) is 4.06. The molecule has 6 nitrogen and oxygen atoms in total. The maximum atomic E-state index is 12.8. The number of hydrogen-bond donors (Lipinski definition) is 1. The number of hydrogen-bond acceptors (Lipinski definition) is 6. The van der Waals surface area contributed by atoms with Crippen LogP contribution < -0.4 is 9.47 Å². The number of amides is 1. The van der Waals surface area contributed by atoms with E-state index in [1.165, 1.54) is 11.8 Å². The molecule has 1 aliphatic heterocycles. The molecule has 2 aromatic carbocycles. The lowest BCUT2D eigenvalue weighted by molar-refractivity contribution is -0.137. The molecular formula is C22H21NO5S2. The molecule has 3 rings (SSSR count). The van der Waals surface area contributed by atoms with Crippen molar-refractivity contribution in [1.82, 2.24) is 4.90 Å². The number of carboxylic acids is 1. The van der Waals surface area contributed by atoms with Crippen LogP contribution in [0.1, 0.15) is 24.5 Å². The highest BCUT2D eigenvalue weighted by molar-refractivity contribution is 8.26. The van der Waals surface area contributed by atoms with E-state index in [-0.39, 0.29) is 18.9 Å². The molecule has 2 aromatic rings. The van der Waals surface area contributed by atoms with Crippen LogP contribution in [0, 0.1) is 0 Å². The highest BCUT2D eigenvalue weighted by Crippen LogP contribution is 2.35. The van der Waals surface area contributed by atoms with Crippen molar-refractivity contribution < 1.29 is 24.2 Å². The first-order chi connectivity index (χ1) is 14.5. The summed E-state index contributed by atoms with van der Waals surface area (Å²) in [5.74, 6) is -0.0982. The Morgan fingerprint density at radius 1 is 1.17 bits per heavy atom. The van der Waals surface area contributed by atoms with E-state index in [0.717, 1.165) is 11.1 Å². The molecule has 1 heterocycles. The summed E-state index contributed by atoms with van der Waals surface area (Å²) >= 11 is 6.67. The Morgan fingerprint density at radius 3 is 2.63 bits per heavy atom. The average Bonchev–Trinajstić information content (AvgIpc) is 2.98. The summed E-state index contributed by atoms with van der Waals surface area (Å²) < 4.78 is 11.7. The largest absolute Gasteiger partial charge is 0.490 e. The number of rotatable bonds is 9. The fraction of sp³-hybridized carbons (Fsp3) is 0.227. The number of ether oxygens (including phenoxy) is 2. The predicted octanol–water partition coefficient (Wildman–Crippen LogP) is 4.34. The lowest BCUT2D eigenvalue weighted by Crippen LogP contribution is -2.27. The van der Waals surface area contributed by atoms with Crippen LogP contribution in [0.3, 0.4) is 0 Å². The van der Waals surface area contributed by atoms with Gasteiger partial charge >= 0.3 is 5.97 Å². The Hall–Kier alpha value is -2.84. The molecule has 0 unspecified atom stereocenters. The number of nitrogens with zero attached hydrogens (tertiary/aromatic N) is 1. The van der Waals surface area contributed by atoms with Gasteiger partial charge in [0, 0.05) is 0 Å². The van der Waals surface area contributed by atoms with Crippen molar-refractivity contribution in [1.29, 1.82) is 0 Å². The molecule has 1 N–H and O–H groups in total. The highest BCUT2D eigenvalue weighted by Gasteiger charge is 2.32. The SMILES string of the molecule is CCOc1cc(/C=C2/SC(=S)N(Cc3ccccc3)C2=O)ccc1OCCC(=O)O. The Kier molecular flexibility index (Phi) is 7.48. The van der Waals surface area contributed by atoms with Crippen LogP contribution in [0.25, 0.3) is 6.08 Å². The lowest BCUT2D eigenvalue weighted by Gasteiger charge is -2.14. The van der Waals surface area contributed by atoms with Gasteiger partial charge in [-0.3, -0.25) is 14.5 Å². The van der Waals surface area contributed by atoms with E-state index in [9.17, 15) is 9.59 Å². The zero-order chi connectivity index (χ0) is 21.5. The third kappa shape index (κ3) is 5.61. The molecule has 0 saturated carbocycles. The summed E-state index contributed by atoms with van der Waals surface area (Å²) in [6, 6.07) is 15.0. The van der Waals surface area contributed by atoms with E-state index < -0.39 is 5.97 Å². The van der Waals surface area contributed by atoms with Crippen LogP contribution in [0.5, 0.6) is 11.5 Å². The van der Waals surface area contributed by atoms with Crippen molar-refractivity contribution >= 4 is 46.3 Å². The van der Waals surface area contributed by atoms with Crippen LogP contribution in [0.15, 0.2) is 53.4 Å². The van der Waals surface area contributed by atoms with Crippen LogP contribution in [-0.4, -0.2) is 39.4 Å². The molecule has 0 aromatic heterocycles. The molecule has 0 bridgehead atoms. The number of benzene rings is 2. The van der Waals surface area contributed by atoms with Crippen molar-refractivity contribution in [2.24, 2.45) is 0 Å². The van der Waals surface area contributed by atoms with Gasteiger partial charge < -0.3 is 14.6 Å². The minimum absolute atomic E-state index is 0.0485. The van der Waals surface area contributed by atoms with E-state index >= 15 is 0 Å². The van der Waals surface area contributed by atoms with Gasteiger partial charge in [-0.15, -0.1) is 0 Å². The zero-order valence-corrected chi connectivity index (χ0v) is 18.0. The predicted molar refractivity (Wildman–Crippen MR) is 121 cm³/mol. The van der Waals surface area contributed by atoms with Crippen LogP contribution in [0.4, 0.5) is 0 Å². The summed E-state index contributed by atoms with van der Waals surface area (Å²) in [4.78, 5) is 25.7. The summed E-state index contributed by atoms with van der Waals surface area (Å²) in [5, 5.41) is 8.76. The third-order valence-electron chi connectivity index (χ3n) is 4.20. The number of carbonyl (C=O) groups excluding carboxylic acids is 1. The molecule has 1 fully saturated rings. The lowest BCUT2D eigenvalue weighted by atomic mass is 10.1. The van der Waals surface area contributed by atoms with E-state index in [1.54, 1.807) is 29.2 Å². The Bertz CT molecular complexity index is 975. The second-order valence-corrected chi connectivity index (χ2v) is 8.06. The first-order valence-corrected chi connectivity index (χ1v) is 10.6. The standard InChI is InChI=1S/C22H21NO5S2/c1-2-27-18-12-16(8-9-17(18)28-11-10-20(24)25)13-19-21(26)23(22(29)30-19)14-15-6-4-3-5-7-15/h3-9,12-13H,2,10-11,14H2,1H3,(H,24,25)/b19-13+. The fourth-order valence-electron chi connectivity index (χ4n) is 2.80. The smallest absolute Gasteiger partial charge is 0.306 e. The molecule has 156 valence electrons. The normalized spacial score (nSPS) is 15.0. The first-order valence-electron chi connectivity index (χ1n) is 9.38. The second-order valence-electron chi connectivity index (χ2n) is 6.38. The van der Waals surface area contributed by atoms with Crippen LogP contribution in [0.2, 0.25) is 0 Å². The molecule has 1 aliphatic rings. The van der Waals surface area contributed by atoms with Crippen molar-refractivity contribution in [3.8, 4) is 11.5 Å². The number of aliphatic carboxylic acids is 1. The topological polar surface area (TPSA) is 76.1 Å². The molecule has 1 amide bonds. The second kappa shape index (κ2) is 10.3. The van der Waals surface area contributed by atoms with Gasteiger partial charge in [0.2, 0.25) is 0 Å². The van der Waals surface area contributed by atoms with Gasteiger partial charge in [0.25, 0.3) is 5.91 Å². The number of thiocarbonyl (C=S) groups is 1. The molecule has 0 radical (unpaired) electrons. The zero-order valence-electron chi connectivity index (χ0n) is 16.4. The average molecular weight is 444 g/mol. The highest BCUT2D eigenvalue weighted by atomic mass is 32.2. The maximum Gasteiger partial charge on any atom is 0.306 e. The van der Waals surface area contributed by atoms with E-state index in [2.05, 4.69) is 0 Å². The summed E-state index contributed by atoms with van der Waals surface area (Å²) in [6.45, 7) is 2.76. The van der Waals surface area contributed by atoms with Gasteiger partial charge in [-0.2, -0.15) is 0 Å². The van der Waals surface area contributed by atoms with Crippen LogP contribution >= 0.6 is 24.0 Å². The Balaban J connectivity index is 1.76. The molecule has 0 atom stereocenters. The van der Waals surface area contributed by atoms with E-state index in [0.29, 0.717) is 33.9 Å². The maximum absolute atomic E-state index is 12.8. The first kappa shape index (κ1) is 21.9. The summed E-state index contributed by atoms with van der Waals surface area (Å²) in [5.41, 5.74) is 1.78. The van der Waals surface area contributed by atoms with Crippen molar-refractivity contribution in [3.05, 3.63) is 64.6 Å². The van der Waals surface area contributed by atoms with Gasteiger partial charge in [0.1, 0.15) is 4.32 Å². The van der Waals surface area contributed by atoms with E-state index in [4.69, 9.17) is 26.8 Å². The van der Waals surface area contributed by atoms with Crippen molar-refractivity contribution in [2.75, 3.05) is 13.2 Å². The monoisotopic (exact) mass is 443 g/mol. The number of thioether (sulfide) groups is 1. The minimum atomic E-state index is -0.929. The molecule has 8 heteroatoms. The van der Waals surface area contributed by atoms with Gasteiger partial charge in [-0.05, 0) is 36.3 Å². The molecular weight excluding hydrogens is 422 g/mol. The molecule has 0 aliphatic carbocycles. The Morgan fingerprint density at radius 2 is 1.93 bits per heavy atom. The van der Waals surface area contributed by atoms with Gasteiger partial charge in [-0.1, -0.05) is 60.4 Å². The molecule has 1 saturated heterocycles. The third-order valence-corrected chi connectivity index (χ3v) is 5.57. The minimum Gasteiger partial charge on any atom is -0.490 e. The molecule has 0 spiro atoms. The quantitative estimate of drug-likeness (QED) is 0.456. The van der Waals surface area contributed by atoms with Gasteiger partial charge in [0.15, 0.2) is 11.5 Å². The number of carboxylic acid groups (broad SMARTS) is 1. The van der Waals surface area contributed by atoms with Crippen LogP contribution in [-0.2, 0) is 16.1 Å². The summed E-state index contributed by atoms with van der Waals surface area (Å²) in [7, 11) is 0. The molecule has 30 heavy (non-hydrogen) atoms. The van der Waals surface area contributed by atoms with Gasteiger partial charge in [-0.25, -0.2) is 0 Å².